The van der Waals surface area contributed by atoms with Crippen molar-refractivity contribution in [2.24, 2.45) is 0 Å². The molecule has 1 heterocycles. The van der Waals surface area contributed by atoms with E-state index in [-0.39, 0.29) is 0 Å². The van der Waals surface area contributed by atoms with E-state index in [9.17, 15) is 14.9 Å². The molecule has 1 amide bonds. The average molecular weight is 428 g/mol. The zero-order valence-electron chi connectivity index (χ0n) is 17.1. The molecule has 1 aromatic heterocycles. The van der Waals surface area contributed by atoms with Crippen LogP contribution < -0.4 is 10.1 Å². The molecule has 7 nitrogen and oxygen atoms in total. The molecule has 8 heteroatoms. The molecule has 0 aliphatic heterocycles. The first-order valence-corrected chi connectivity index (χ1v) is 10.9. The molecule has 2 aromatic rings. The third kappa shape index (κ3) is 5.57. The lowest BCUT2D eigenvalue weighted by atomic mass is 9.83. The molecule has 30 heavy (non-hydrogen) atoms. The lowest BCUT2D eigenvalue weighted by Gasteiger charge is -2.32. The van der Waals surface area contributed by atoms with E-state index in [1.165, 1.54) is 6.92 Å². The number of nitrogens with one attached hydrogen (secondary N) is 1. The van der Waals surface area contributed by atoms with Crippen LogP contribution in [0.3, 0.4) is 0 Å². The molecule has 1 fully saturated rings. The fourth-order valence-corrected chi connectivity index (χ4v) is 3.96. The quantitative estimate of drug-likeness (QED) is 0.672. The summed E-state index contributed by atoms with van der Waals surface area (Å²) in [5, 5.41) is 15.2. The van der Waals surface area contributed by atoms with Crippen molar-refractivity contribution in [1.82, 2.24) is 10.3 Å². The van der Waals surface area contributed by atoms with Gasteiger partial charge in [-0.15, -0.1) is 11.3 Å². The van der Waals surface area contributed by atoms with Crippen molar-refractivity contribution in [2.75, 3.05) is 0 Å². The molecule has 1 aromatic carbocycles. The van der Waals surface area contributed by atoms with Crippen LogP contribution in [0.2, 0.25) is 0 Å². The Morgan fingerprint density at radius 1 is 1.27 bits per heavy atom. The predicted octanol–water partition coefficient (Wildman–Crippen LogP) is 3.92. The third-order valence-electron chi connectivity index (χ3n) is 5.08. The Kier molecular flexibility index (Phi) is 7.06. The molecule has 1 atom stereocenters. The summed E-state index contributed by atoms with van der Waals surface area (Å²) in [6, 6.07) is 8.76. The number of nitriles is 1. The molecule has 1 N–H and O–H groups in total. The van der Waals surface area contributed by atoms with Crippen molar-refractivity contribution in [1.29, 1.82) is 5.26 Å². The largest absolute Gasteiger partial charge is 0.487 e. The summed E-state index contributed by atoms with van der Waals surface area (Å²) in [5.74, 6) is -0.449. The van der Waals surface area contributed by atoms with Gasteiger partial charge in [-0.3, -0.25) is 4.79 Å². The maximum Gasteiger partial charge on any atom is 0.338 e. The van der Waals surface area contributed by atoms with Gasteiger partial charge in [-0.2, -0.15) is 5.26 Å². The Morgan fingerprint density at radius 2 is 1.97 bits per heavy atom. The highest BCUT2D eigenvalue weighted by atomic mass is 32.1. The molecule has 0 saturated heterocycles. The van der Waals surface area contributed by atoms with Crippen molar-refractivity contribution in [3.8, 4) is 11.8 Å². The van der Waals surface area contributed by atoms with Gasteiger partial charge in [0.15, 0.2) is 6.10 Å². The zero-order valence-corrected chi connectivity index (χ0v) is 18.0. The number of esters is 1. The molecular weight excluding hydrogens is 402 g/mol. The van der Waals surface area contributed by atoms with Crippen LogP contribution >= 0.6 is 11.3 Å². The van der Waals surface area contributed by atoms with E-state index in [0.717, 1.165) is 30.0 Å². The van der Waals surface area contributed by atoms with Crippen molar-refractivity contribution in [3.05, 3.63) is 45.9 Å². The molecule has 1 aliphatic rings. The summed E-state index contributed by atoms with van der Waals surface area (Å²) in [6.45, 7) is 3.80. The normalized spacial score (nSPS) is 16.2. The van der Waals surface area contributed by atoms with E-state index < -0.39 is 23.5 Å². The second kappa shape index (κ2) is 9.72. The van der Waals surface area contributed by atoms with Crippen molar-refractivity contribution >= 4 is 23.2 Å². The second-order valence-corrected chi connectivity index (χ2v) is 8.52. The Morgan fingerprint density at radius 3 is 2.57 bits per heavy atom. The van der Waals surface area contributed by atoms with Crippen molar-refractivity contribution in [3.63, 3.8) is 0 Å². The summed E-state index contributed by atoms with van der Waals surface area (Å²) in [7, 11) is 0. The molecule has 1 saturated carbocycles. The highest BCUT2D eigenvalue weighted by molar-refractivity contribution is 7.09. The number of benzene rings is 1. The minimum absolute atomic E-state index is 0.319. The first-order valence-electron chi connectivity index (χ1n) is 9.99. The number of aryl methyl sites for hydroxylation is 1. The number of aromatic nitrogens is 1. The van der Waals surface area contributed by atoms with Gasteiger partial charge in [-0.05, 0) is 51.0 Å². The van der Waals surface area contributed by atoms with Crippen LogP contribution in [0.25, 0.3) is 0 Å². The van der Waals surface area contributed by atoms with Crippen LogP contribution in [-0.4, -0.2) is 28.5 Å². The smallest absolute Gasteiger partial charge is 0.338 e. The van der Waals surface area contributed by atoms with Crippen LogP contribution in [0.1, 0.15) is 60.1 Å². The van der Waals surface area contributed by atoms with E-state index in [4.69, 9.17) is 9.47 Å². The third-order valence-corrected chi connectivity index (χ3v) is 5.90. The molecule has 0 bridgehead atoms. The maximum atomic E-state index is 12.5. The van der Waals surface area contributed by atoms with Crippen LogP contribution in [0.5, 0.6) is 5.75 Å². The van der Waals surface area contributed by atoms with Crippen molar-refractivity contribution < 1.29 is 19.1 Å². The Labute approximate surface area is 180 Å². The number of carbonyl (C=O) groups is 2. The van der Waals surface area contributed by atoms with Crippen LogP contribution in [-0.2, 0) is 16.1 Å². The molecular formula is C22H25N3O4S. The highest BCUT2D eigenvalue weighted by Crippen LogP contribution is 2.27. The number of hydrogen-bond acceptors (Lipinski definition) is 7. The van der Waals surface area contributed by atoms with E-state index in [1.54, 1.807) is 35.6 Å². The van der Waals surface area contributed by atoms with Gasteiger partial charge in [0, 0.05) is 5.38 Å². The first-order chi connectivity index (χ1) is 14.4. The van der Waals surface area contributed by atoms with Crippen LogP contribution in [0, 0.1) is 18.3 Å². The van der Waals surface area contributed by atoms with Crippen molar-refractivity contribution in [2.45, 2.75) is 64.2 Å². The number of rotatable bonds is 7. The van der Waals surface area contributed by atoms with Crippen LogP contribution in [0.4, 0.5) is 0 Å². The van der Waals surface area contributed by atoms with Gasteiger partial charge in [0.25, 0.3) is 5.91 Å². The average Bonchev–Trinajstić information content (AvgIpc) is 3.18. The van der Waals surface area contributed by atoms with E-state index in [1.807, 2.05) is 12.3 Å². The van der Waals surface area contributed by atoms with Gasteiger partial charge in [0.1, 0.15) is 17.9 Å². The minimum atomic E-state index is -0.992. The van der Waals surface area contributed by atoms with Gasteiger partial charge in [0.05, 0.1) is 22.3 Å². The summed E-state index contributed by atoms with van der Waals surface area (Å²) < 4.78 is 11.0. The topological polar surface area (TPSA) is 101 Å². The van der Waals surface area contributed by atoms with Gasteiger partial charge in [-0.25, -0.2) is 9.78 Å². The van der Waals surface area contributed by atoms with Gasteiger partial charge in [0.2, 0.25) is 0 Å². The molecule has 3 rings (SSSR count). The molecule has 158 valence electrons. The van der Waals surface area contributed by atoms with E-state index >= 15 is 0 Å². The maximum absolute atomic E-state index is 12.5. The summed E-state index contributed by atoms with van der Waals surface area (Å²) in [6.07, 6.45) is 3.12. The molecule has 1 aliphatic carbocycles. The number of hydrogen-bond donors (Lipinski definition) is 1. The predicted molar refractivity (Wildman–Crippen MR) is 112 cm³/mol. The number of amides is 1. The fraction of sp³-hybridized carbons (Fsp3) is 0.455. The molecule has 0 spiro atoms. The lowest BCUT2D eigenvalue weighted by molar-refractivity contribution is -0.130. The summed E-state index contributed by atoms with van der Waals surface area (Å²) in [5.41, 5.74) is 0.318. The van der Waals surface area contributed by atoms with Crippen LogP contribution in [0.15, 0.2) is 29.6 Å². The fourth-order valence-electron chi connectivity index (χ4n) is 3.36. The summed E-state index contributed by atoms with van der Waals surface area (Å²) in [4.78, 5) is 29.2. The number of ether oxygens (including phenoxy) is 2. The monoisotopic (exact) mass is 427 g/mol. The van der Waals surface area contributed by atoms with Gasteiger partial charge >= 0.3 is 5.97 Å². The number of carbonyl (C=O) groups excluding carboxylic acids is 2. The van der Waals surface area contributed by atoms with E-state index in [2.05, 4.69) is 16.4 Å². The Balaban J connectivity index is 1.52. The SMILES string of the molecule is Cc1nc(COc2ccc(C(=O)OC(C)C(=O)NC3(C#N)CCCCC3)cc2)cs1. The number of thiazole rings is 1. The number of nitrogens with zero attached hydrogens (tertiary/aromatic N) is 2. The molecule has 1 unspecified atom stereocenters. The second-order valence-electron chi connectivity index (χ2n) is 7.46. The summed E-state index contributed by atoms with van der Waals surface area (Å²) >= 11 is 1.56. The Bertz CT molecular complexity index is 927. The zero-order chi connectivity index (χ0) is 21.6. The van der Waals surface area contributed by atoms with Gasteiger partial charge in [-0.1, -0.05) is 19.3 Å². The first kappa shape index (κ1) is 21.8. The van der Waals surface area contributed by atoms with Gasteiger partial charge < -0.3 is 14.8 Å². The standard InChI is InChI=1S/C22H25N3O4S/c1-15(20(26)25-22(14-23)10-4-3-5-11-22)29-21(27)17-6-8-19(9-7-17)28-12-18-13-30-16(2)24-18/h6-9,13,15H,3-5,10-12H2,1-2H3,(H,25,26). The van der Waals surface area contributed by atoms with E-state index in [0.29, 0.717) is 30.8 Å². The lowest BCUT2D eigenvalue weighted by Crippen LogP contribution is -2.52. The molecule has 0 radical (unpaired) electrons. The highest BCUT2D eigenvalue weighted by Gasteiger charge is 2.35. The Hall–Kier alpha value is -2.92. The minimum Gasteiger partial charge on any atom is -0.487 e.